The maximum absolute atomic E-state index is 12.2. The molecule has 1 aliphatic carbocycles. The van der Waals surface area contributed by atoms with E-state index in [0.717, 1.165) is 24.1 Å². The second kappa shape index (κ2) is 7.83. The van der Waals surface area contributed by atoms with E-state index in [0.29, 0.717) is 6.54 Å². The summed E-state index contributed by atoms with van der Waals surface area (Å²) in [5.74, 6) is -0.355. The van der Waals surface area contributed by atoms with E-state index in [-0.39, 0.29) is 5.91 Å². The van der Waals surface area contributed by atoms with Gasteiger partial charge in [0.2, 0.25) is 5.91 Å². The summed E-state index contributed by atoms with van der Waals surface area (Å²) in [6.07, 6.45) is 3.41. The minimum absolute atomic E-state index is 0.355. The predicted octanol–water partition coefficient (Wildman–Crippen LogP) is 3.00. The highest BCUT2D eigenvalue weighted by molar-refractivity contribution is 5.97. The molecule has 0 heterocycles. The van der Waals surface area contributed by atoms with Gasteiger partial charge in [-0.1, -0.05) is 36.4 Å². The third-order valence-electron chi connectivity index (χ3n) is 4.41. The van der Waals surface area contributed by atoms with Gasteiger partial charge in [-0.2, -0.15) is 0 Å². The minimum atomic E-state index is -0.498. The Morgan fingerprint density at radius 2 is 1.80 bits per heavy atom. The first-order chi connectivity index (χ1) is 12.1. The van der Waals surface area contributed by atoms with Gasteiger partial charge in [-0.25, -0.2) is 4.79 Å². The average molecular weight is 337 g/mol. The van der Waals surface area contributed by atoms with Crippen molar-refractivity contribution in [2.24, 2.45) is 0 Å². The van der Waals surface area contributed by atoms with E-state index < -0.39 is 12.1 Å². The second-order valence-corrected chi connectivity index (χ2v) is 6.36. The number of carbonyl (C=O) groups is 2. The van der Waals surface area contributed by atoms with Crippen molar-refractivity contribution < 1.29 is 9.59 Å². The summed E-state index contributed by atoms with van der Waals surface area (Å²) in [4.78, 5) is 24.0. The van der Waals surface area contributed by atoms with Crippen LogP contribution < -0.4 is 16.0 Å². The Kier molecular flexibility index (Phi) is 5.33. The molecule has 0 bridgehead atoms. The third-order valence-corrected chi connectivity index (χ3v) is 4.41. The topological polar surface area (TPSA) is 70.2 Å². The van der Waals surface area contributed by atoms with Crippen molar-refractivity contribution in [3.8, 4) is 0 Å². The molecule has 25 heavy (non-hydrogen) atoms. The molecule has 2 aromatic carbocycles. The first-order valence-electron chi connectivity index (χ1n) is 8.63. The number of amides is 3. The van der Waals surface area contributed by atoms with E-state index >= 15 is 0 Å². The lowest BCUT2D eigenvalue weighted by Gasteiger charge is -2.16. The van der Waals surface area contributed by atoms with Crippen LogP contribution in [0.5, 0.6) is 0 Å². The molecular formula is C20H23N3O2. The number of fused-ring (bicyclic) bond motifs is 1. The Morgan fingerprint density at radius 3 is 2.60 bits per heavy atom. The van der Waals surface area contributed by atoms with Crippen molar-refractivity contribution in [2.45, 2.75) is 38.8 Å². The minimum Gasteiger partial charge on any atom is -0.374 e. The van der Waals surface area contributed by atoms with Crippen LogP contribution in [0.25, 0.3) is 0 Å². The molecule has 3 rings (SSSR count). The zero-order chi connectivity index (χ0) is 17.6. The van der Waals surface area contributed by atoms with Crippen LogP contribution in [0.3, 0.4) is 0 Å². The monoisotopic (exact) mass is 337 g/mol. The van der Waals surface area contributed by atoms with Gasteiger partial charge in [0.1, 0.15) is 6.04 Å². The van der Waals surface area contributed by atoms with Crippen LogP contribution in [-0.4, -0.2) is 18.0 Å². The fraction of sp³-hybridized carbons (Fsp3) is 0.300. The first kappa shape index (κ1) is 17.0. The molecule has 3 amide bonds. The van der Waals surface area contributed by atoms with Crippen molar-refractivity contribution in [1.29, 1.82) is 0 Å². The number of hydrogen-bond donors (Lipinski definition) is 3. The summed E-state index contributed by atoms with van der Waals surface area (Å²) in [7, 11) is 0. The maximum Gasteiger partial charge on any atom is 0.321 e. The summed E-state index contributed by atoms with van der Waals surface area (Å²) >= 11 is 0. The Labute approximate surface area is 147 Å². The van der Waals surface area contributed by atoms with E-state index in [9.17, 15) is 9.59 Å². The van der Waals surface area contributed by atoms with Gasteiger partial charge in [0.05, 0.1) is 0 Å². The molecule has 0 saturated carbocycles. The van der Waals surface area contributed by atoms with Crippen LogP contribution in [0, 0.1) is 0 Å². The molecule has 0 spiro atoms. The van der Waals surface area contributed by atoms with Gasteiger partial charge in [-0.3, -0.25) is 10.1 Å². The summed E-state index contributed by atoms with van der Waals surface area (Å²) in [6.45, 7) is 2.12. The van der Waals surface area contributed by atoms with Gasteiger partial charge in [0, 0.05) is 12.2 Å². The largest absolute Gasteiger partial charge is 0.374 e. The number of carbonyl (C=O) groups excluding carboxylic acids is 2. The van der Waals surface area contributed by atoms with Gasteiger partial charge in [0.25, 0.3) is 0 Å². The Hall–Kier alpha value is -2.82. The van der Waals surface area contributed by atoms with E-state index in [1.807, 2.05) is 36.4 Å². The fourth-order valence-corrected chi connectivity index (χ4v) is 3.02. The summed E-state index contributed by atoms with van der Waals surface area (Å²) < 4.78 is 0. The highest BCUT2D eigenvalue weighted by Crippen LogP contribution is 2.25. The SMILES string of the molecule is CC(Nc1ccc2c(c1)CCC2)C(=O)NC(=O)NCc1ccccc1. The van der Waals surface area contributed by atoms with Crippen LogP contribution in [0.2, 0.25) is 0 Å². The molecule has 3 N–H and O–H groups in total. The van der Waals surface area contributed by atoms with Gasteiger partial charge in [-0.15, -0.1) is 0 Å². The van der Waals surface area contributed by atoms with Crippen molar-refractivity contribution >= 4 is 17.6 Å². The number of rotatable bonds is 5. The van der Waals surface area contributed by atoms with Gasteiger partial charge in [0.15, 0.2) is 0 Å². The molecule has 0 saturated heterocycles. The van der Waals surface area contributed by atoms with E-state index in [1.165, 1.54) is 17.5 Å². The number of hydrogen-bond acceptors (Lipinski definition) is 3. The molecule has 0 radical (unpaired) electrons. The fourth-order valence-electron chi connectivity index (χ4n) is 3.02. The molecule has 1 aliphatic rings. The van der Waals surface area contributed by atoms with Crippen LogP contribution >= 0.6 is 0 Å². The van der Waals surface area contributed by atoms with Crippen molar-refractivity contribution in [1.82, 2.24) is 10.6 Å². The third kappa shape index (κ3) is 4.59. The Morgan fingerprint density at radius 1 is 1.04 bits per heavy atom. The number of benzene rings is 2. The molecule has 1 unspecified atom stereocenters. The standard InChI is InChI=1S/C20H23N3O2/c1-14(22-18-11-10-16-8-5-9-17(16)12-18)19(24)23-20(25)21-13-15-6-3-2-4-7-15/h2-4,6-7,10-12,14,22H,5,8-9,13H2,1H3,(H2,21,23,24,25). The lowest BCUT2D eigenvalue weighted by molar-refractivity contribution is -0.120. The zero-order valence-electron chi connectivity index (χ0n) is 14.3. The van der Waals surface area contributed by atoms with E-state index in [1.54, 1.807) is 6.92 Å². The number of nitrogens with one attached hydrogen (secondary N) is 3. The quantitative estimate of drug-likeness (QED) is 0.785. The van der Waals surface area contributed by atoms with Crippen molar-refractivity contribution in [3.05, 3.63) is 65.2 Å². The molecule has 5 nitrogen and oxygen atoms in total. The number of imide groups is 1. The average Bonchev–Trinajstić information content (AvgIpc) is 3.08. The van der Waals surface area contributed by atoms with Crippen LogP contribution in [0.4, 0.5) is 10.5 Å². The van der Waals surface area contributed by atoms with Gasteiger partial charge >= 0.3 is 6.03 Å². The normalized spacial score (nSPS) is 13.6. The van der Waals surface area contributed by atoms with E-state index in [4.69, 9.17) is 0 Å². The first-order valence-corrected chi connectivity index (χ1v) is 8.63. The molecule has 2 aromatic rings. The molecular weight excluding hydrogens is 314 g/mol. The Bertz CT molecular complexity index is 759. The summed E-state index contributed by atoms with van der Waals surface area (Å²) in [5, 5.41) is 8.21. The van der Waals surface area contributed by atoms with E-state index in [2.05, 4.69) is 28.1 Å². The molecule has 1 atom stereocenters. The number of urea groups is 1. The van der Waals surface area contributed by atoms with Crippen LogP contribution in [-0.2, 0) is 24.2 Å². The number of aryl methyl sites for hydroxylation is 2. The van der Waals surface area contributed by atoms with Gasteiger partial charge < -0.3 is 10.6 Å². The van der Waals surface area contributed by atoms with Crippen molar-refractivity contribution in [2.75, 3.05) is 5.32 Å². The maximum atomic E-state index is 12.2. The molecule has 5 heteroatoms. The van der Waals surface area contributed by atoms with Crippen LogP contribution in [0.15, 0.2) is 48.5 Å². The summed E-state index contributed by atoms with van der Waals surface area (Å²) in [6, 6.07) is 14.8. The van der Waals surface area contributed by atoms with Crippen molar-refractivity contribution in [3.63, 3.8) is 0 Å². The molecule has 0 fully saturated rings. The number of anilines is 1. The van der Waals surface area contributed by atoms with Gasteiger partial charge in [-0.05, 0) is 55.0 Å². The highest BCUT2D eigenvalue weighted by Gasteiger charge is 2.17. The molecule has 0 aliphatic heterocycles. The van der Waals surface area contributed by atoms with Crippen LogP contribution in [0.1, 0.15) is 30.0 Å². The second-order valence-electron chi connectivity index (χ2n) is 6.36. The molecule has 130 valence electrons. The molecule has 0 aromatic heterocycles. The summed E-state index contributed by atoms with van der Waals surface area (Å²) in [5.41, 5.74) is 4.63. The predicted molar refractivity (Wildman–Crippen MR) is 98.4 cm³/mol. The lowest BCUT2D eigenvalue weighted by atomic mass is 10.1. The Balaban J connectivity index is 1.48. The highest BCUT2D eigenvalue weighted by atomic mass is 16.2. The lowest BCUT2D eigenvalue weighted by Crippen LogP contribution is -2.45. The zero-order valence-corrected chi connectivity index (χ0v) is 14.3. The smallest absolute Gasteiger partial charge is 0.321 e.